The third-order valence-electron chi connectivity index (χ3n) is 2.31. The number of methoxy groups -OCH3 is 1. The van der Waals surface area contributed by atoms with E-state index in [2.05, 4.69) is 0 Å². The van der Waals surface area contributed by atoms with E-state index in [-0.39, 0.29) is 12.3 Å². The van der Waals surface area contributed by atoms with Crippen LogP contribution < -0.4 is 10.2 Å². The zero-order chi connectivity index (χ0) is 10.7. The minimum atomic E-state index is 0.170. The second kappa shape index (κ2) is 4.30. The summed E-state index contributed by atoms with van der Waals surface area (Å²) in [6.45, 7) is 3.85. The molecular formula is C10H15NO3. The van der Waals surface area contributed by atoms with Gasteiger partial charge in [-0.2, -0.15) is 0 Å². The molecule has 78 valence electrons. The largest absolute Gasteiger partial charge is 0.507 e. The highest BCUT2D eigenvalue weighted by atomic mass is 16.5. The quantitative estimate of drug-likeness (QED) is 0.642. The van der Waals surface area contributed by atoms with Gasteiger partial charge in [-0.25, -0.2) is 5.48 Å². The minimum Gasteiger partial charge on any atom is -0.507 e. The molecule has 0 bridgehead atoms. The molecule has 14 heavy (non-hydrogen) atoms. The van der Waals surface area contributed by atoms with Gasteiger partial charge in [0, 0.05) is 17.7 Å². The molecule has 1 aromatic carbocycles. The number of benzene rings is 1. The molecule has 4 heteroatoms. The number of phenolic OH excluding ortho intramolecular Hbond substituents is 1. The van der Waals surface area contributed by atoms with Gasteiger partial charge in [-0.15, -0.1) is 0 Å². The van der Waals surface area contributed by atoms with Crippen LogP contribution in [0, 0.1) is 13.8 Å². The van der Waals surface area contributed by atoms with Crippen molar-refractivity contribution in [2.24, 2.45) is 0 Å². The van der Waals surface area contributed by atoms with Gasteiger partial charge in [-0.05, 0) is 25.5 Å². The topological polar surface area (TPSA) is 61.7 Å². The van der Waals surface area contributed by atoms with E-state index in [4.69, 9.17) is 9.94 Å². The molecule has 0 fully saturated rings. The van der Waals surface area contributed by atoms with E-state index in [0.717, 1.165) is 5.56 Å². The normalized spacial score (nSPS) is 10.3. The average molecular weight is 197 g/mol. The van der Waals surface area contributed by atoms with Crippen LogP contribution in [0.15, 0.2) is 6.07 Å². The maximum atomic E-state index is 9.79. The molecule has 3 N–H and O–H groups in total. The molecular weight excluding hydrogens is 182 g/mol. The summed E-state index contributed by atoms with van der Waals surface area (Å²) in [5.41, 5.74) is 4.28. The van der Waals surface area contributed by atoms with Crippen molar-refractivity contribution in [1.29, 1.82) is 0 Å². The molecule has 0 saturated carbocycles. The van der Waals surface area contributed by atoms with Crippen molar-refractivity contribution in [3.8, 4) is 11.5 Å². The van der Waals surface area contributed by atoms with Crippen molar-refractivity contribution in [2.45, 2.75) is 20.4 Å². The predicted molar refractivity (Wildman–Crippen MR) is 52.8 cm³/mol. The lowest BCUT2D eigenvalue weighted by Crippen LogP contribution is -2.08. The maximum absolute atomic E-state index is 9.79. The summed E-state index contributed by atoms with van der Waals surface area (Å²) in [4.78, 5) is 0. The van der Waals surface area contributed by atoms with Crippen molar-refractivity contribution in [3.63, 3.8) is 0 Å². The highest BCUT2D eigenvalue weighted by Gasteiger charge is 2.12. The number of hydrogen-bond donors (Lipinski definition) is 3. The van der Waals surface area contributed by atoms with Gasteiger partial charge >= 0.3 is 0 Å². The average Bonchev–Trinajstić information content (AvgIpc) is 2.18. The Morgan fingerprint density at radius 2 is 2.07 bits per heavy atom. The summed E-state index contributed by atoms with van der Waals surface area (Å²) in [6.07, 6.45) is 0. The van der Waals surface area contributed by atoms with Crippen LogP contribution in [0.25, 0.3) is 0 Å². The summed E-state index contributed by atoms with van der Waals surface area (Å²) in [5.74, 6) is 0.824. The molecule has 0 heterocycles. The lowest BCUT2D eigenvalue weighted by molar-refractivity contribution is 0.160. The summed E-state index contributed by atoms with van der Waals surface area (Å²) >= 11 is 0. The second-order valence-electron chi connectivity index (χ2n) is 3.18. The molecule has 0 radical (unpaired) electrons. The van der Waals surface area contributed by atoms with Gasteiger partial charge in [-0.1, -0.05) is 0 Å². The van der Waals surface area contributed by atoms with E-state index in [1.54, 1.807) is 14.0 Å². The van der Waals surface area contributed by atoms with Crippen LogP contribution in [0.3, 0.4) is 0 Å². The smallest absolute Gasteiger partial charge is 0.127 e. The van der Waals surface area contributed by atoms with E-state index in [0.29, 0.717) is 16.9 Å². The Bertz CT molecular complexity index is 337. The molecule has 0 atom stereocenters. The Kier molecular flexibility index (Phi) is 3.33. The van der Waals surface area contributed by atoms with Crippen LogP contribution >= 0.6 is 0 Å². The van der Waals surface area contributed by atoms with E-state index in [9.17, 15) is 5.11 Å². The third-order valence-corrected chi connectivity index (χ3v) is 2.31. The zero-order valence-electron chi connectivity index (χ0n) is 8.59. The van der Waals surface area contributed by atoms with Crippen LogP contribution in [0.4, 0.5) is 0 Å². The second-order valence-corrected chi connectivity index (χ2v) is 3.18. The van der Waals surface area contributed by atoms with Crippen molar-refractivity contribution < 1.29 is 15.1 Å². The van der Waals surface area contributed by atoms with E-state index in [1.165, 1.54) is 0 Å². The molecule has 0 aliphatic rings. The Morgan fingerprint density at radius 3 is 2.57 bits per heavy atom. The number of hydrogen-bond acceptors (Lipinski definition) is 4. The number of hydroxylamine groups is 1. The van der Waals surface area contributed by atoms with E-state index in [1.807, 2.05) is 18.5 Å². The first kappa shape index (κ1) is 10.8. The molecule has 0 saturated heterocycles. The van der Waals surface area contributed by atoms with Gasteiger partial charge in [0.25, 0.3) is 0 Å². The van der Waals surface area contributed by atoms with Gasteiger partial charge in [-0.3, -0.25) is 0 Å². The van der Waals surface area contributed by atoms with Crippen molar-refractivity contribution in [3.05, 3.63) is 22.8 Å². The van der Waals surface area contributed by atoms with Crippen molar-refractivity contribution in [1.82, 2.24) is 5.48 Å². The molecule has 0 unspecified atom stereocenters. The monoisotopic (exact) mass is 197 g/mol. The number of aromatic hydroxyl groups is 1. The minimum absolute atomic E-state index is 0.170. The molecule has 1 aromatic rings. The first-order valence-electron chi connectivity index (χ1n) is 4.34. The van der Waals surface area contributed by atoms with Crippen molar-refractivity contribution in [2.75, 3.05) is 7.11 Å². The van der Waals surface area contributed by atoms with Crippen LogP contribution in [0.5, 0.6) is 11.5 Å². The van der Waals surface area contributed by atoms with Gasteiger partial charge in [0.1, 0.15) is 11.5 Å². The summed E-state index contributed by atoms with van der Waals surface area (Å²) in [5, 5.41) is 18.4. The van der Waals surface area contributed by atoms with Gasteiger partial charge in [0.2, 0.25) is 0 Å². The summed E-state index contributed by atoms with van der Waals surface area (Å²) in [6, 6.07) is 1.84. The summed E-state index contributed by atoms with van der Waals surface area (Å²) in [7, 11) is 1.56. The Morgan fingerprint density at radius 1 is 1.43 bits per heavy atom. The van der Waals surface area contributed by atoms with Crippen LogP contribution in [0.2, 0.25) is 0 Å². The van der Waals surface area contributed by atoms with Crippen LogP contribution in [0.1, 0.15) is 16.7 Å². The molecule has 1 rings (SSSR count). The Hall–Kier alpha value is -1.26. The van der Waals surface area contributed by atoms with Crippen LogP contribution in [-0.2, 0) is 6.54 Å². The highest BCUT2D eigenvalue weighted by molar-refractivity contribution is 5.52. The first-order valence-corrected chi connectivity index (χ1v) is 4.34. The fourth-order valence-electron chi connectivity index (χ4n) is 1.44. The Labute approximate surface area is 83.1 Å². The highest BCUT2D eigenvalue weighted by Crippen LogP contribution is 2.32. The molecule has 4 nitrogen and oxygen atoms in total. The SMILES string of the molecule is COc1cc(C)c(CNO)c(O)c1C. The number of nitrogens with one attached hydrogen (secondary N) is 1. The predicted octanol–water partition coefficient (Wildman–Crippen LogP) is 1.50. The van der Waals surface area contributed by atoms with Crippen LogP contribution in [-0.4, -0.2) is 17.4 Å². The van der Waals surface area contributed by atoms with E-state index >= 15 is 0 Å². The fraction of sp³-hybridized carbons (Fsp3) is 0.400. The number of rotatable bonds is 3. The standard InChI is InChI=1S/C10H15NO3/c1-6-4-9(14-3)7(2)10(12)8(6)5-11-13/h4,11-13H,5H2,1-3H3. The zero-order valence-corrected chi connectivity index (χ0v) is 8.59. The van der Waals surface area contributed by atoms with Gasteiger partial charge in [0.15, 0.2) is 0 Å². The Balaban J connectivity index is 3.26. The molecule has 0 aliphatic carbocycles. The molecule has 0 aromatic heterocycles. The molecule has 0 amide bonds. The third kappa shape index (κ3) is 1.81. The first-order chi connectivity index (χ1) is 6.61. The maximum Gasteiger partial charge on any atom is 0.127 e. The van der Waals surface area contributed by atoms with E-state index < -0.39 is 0 Å². The van der Waals surface area contributed by atoms with Crippen molar-refractivity contribution >= 4 is 0 Å². The summed E-state index contributed by atoms with van der Waals surface area (Å²) < 4.78 is 5.10. The number of aryl methyl sites for hydroxylation is 1. The lowest BCUT2D eigenvalue weighted by atomic mass is 10.0. The number of phenols is 1. The fourth-order valence-corrected chi connectivity index (χ4v) is 1.44. The molecule has 0 spiro atoms. The van der Waals surface area contributed by atoms with Gasteiger partial charge < -0.3 is 15.1 Å². The number of ether oxygens (including phenoxy) is 1. The lowest BCUT2D eigenvalue weighted by Gasteiger charge is -2.13. The van der Waals surface area contributed by atoms with Gasteiger partial charge in [0.05, 0.1) is 7.11 Å². The molecule has 0 aliphatic heterocycles.